The van der Waals surface area contributed by atoms with E-state index >= 15 is 0 Å². The molecule has 2 unspecified atom stereocenters. The second-order valence-corrected chi connectivity index (χ2v) is 6.49. The Bertz CT molecular complexity index is 480. The highest BCUT2D eigenvalue weighted by molar-refractivity contribution is 5.79. The lowest BCUT2D eigenvalue weighted by Crippen LogP contribution is -2.46. The van der Waals surface area contributed by atoms with Gasteiger partial charge in [-0.15, -0.1) is 0 Å². The molecule has 1 fully saturated rings. The Balaban J connectivity index is 2.04. The molecule has 122 valence electrons. The minimum absolute atomic E-state index is 0.137. The van der Waals surface area contributed by atoms with Crippen molar-refractivity contribution in [3.63, 3.8) is 0 Å². The lowest BCUT2D eigenvalue weighted by atomic mass is 10.0. The zero-order valence-corrected chi connectivity index (χ0v) is 13.6. The summed E-state index contributed by atoms with van der Waals surface area (Å²) in [6.07, 6.45) is 5.31. The van der Waals surface area contributed by atoms with E-state index < -0.39 is 0 Å². The van der Waals surface area contributed by atoms with Crippen molar-refractivity contribution < 1.29 is 9.18 Å². The molecular formula is C18H27FN2O. The van der Waals surface area contributed by atoms with Crippen LogP contribution in [-0.2, 0) is 11.2 Å². The Morgan fingerprint density at radius 2 is 1.86 bits per heavy atom. The van der Waals surface area contributed by atoms with E-state index in [1.807, 2.05) is 18.7 Å². The summed E-state index contributed by atoms with van der Waals surface area (Å²) in [6.45, 7) is 4.48. The highest BCUT2D eigenvalue weighted by Crippen LogP contribution is 2.25. The summed E-state index contributed by atoms with van der Waals surface area (Å²) in [6, 6.07) is 6.74. The molecule has 0 aliphatic heterocycles. The third-order valence-corrected chi connectivity index (χ3v) is 4.78. The number of amides is 1. The molecule has 0 radical (unpaired) electrons. The van der Waals surface area contributed by atoms with E-state index in [9.17, 15) is 9.18 Å². The van der Waals surface area contributed by atoms with Gasteiger partial charge in [-0.2, -0.15) is 0 Å². The SMILES string of the molecule is CC(N)C(C)C(=O)N(CCc1ccc(F)cc1)C1CCCC1. The Hall–Kier alpha value is -1.42. The summed E-state index contributed by atoms with van der Waals surface area (Å²) in [5, 5.41) is 0. The van der Waals surface area contributed by atoms with Gasteiger partial charge in [-0.25, -0.2) is 4.39 Å². The number of carbonyl (C=O) groups excluding carboxylic acids is 1. The van der Waals surface area contributed by atoms with Crippen LogP contribution in [-0.4, -0.2) is 29.4 Å². The molecule has 2 N–H and O–H groups in total. The maximum Gasteiger partial charge on any atom is 0.227 e. The third kappa shape index (κ3) is 4.29. The topological polar surface area (TPSA) is 46.3 Å². The summed E-state index contributed by atoms with van der Waals surface area (Å²) in [5.41, 5.74) is 6.97. The van der Waals surface area contributed by atoms with Crippen molar-refractivity contribution in [2.75, 3.05) is 6.54 Å². The van der Waals surface area contributed by atoms with Gasteiger partial charge in [0.1, 0.15) is 5.82 Å². The van der Waals surface area contributed by atoms with Crippen LogP contribution in [0, 0.1) is 11.7 Å². The zero-order valence-electron chi connectivity index (χ0n) is 13.6. The van der Waals surface area contributed by atoms with Crippen LogP contribution in [0.1, 0.15) is 45.1 Å². The first kappa shape index (κ1) is 16.9. The van der Waals surface area contributed by atoms with Gasteiger partial charge < -0.3 is 10.6 Å². The second kappa shape index (κ2) is 7.73. The van der Waals surface area contributed by atoms with E-state index in [2.05, 4.69) is 0 Å². The predicted molar refractivity (Wildman–Crippen MR) is 86.9 cm³/mol. The van der Waals surface area contributed by atoms with Gasteiger partial charge in [-0.05, 0) is 43.9 Å². The van der Waals surface area contributed by atoms with Crippen LogP contribution in [0.2, 0.25) is 0 Å². The third-order valence-electron chi connectivity index (χ3n) is 4.78. The molecule has 0 heterocycles. The average molecular weight is 306 g/mol. The molecule has 1 saturated carbocycles. The van der Waals surface area contributed by atoms with Crippen LogP contribution in [0.3, 0.4) is 0 Å². The van der Waals surface area contributed by atoms with Gasteiger partial charge in [-0.3, -0.25) is 4.79 Å². The minimum Gasteiger partial charge on any atom is -0.339 e. The largest absolute Gasteiger partial charge is 0.339 e. The molecule has 2 atom stereocenters. The van der Waals surface area contributed by atoms with E-state index in [4.69, 9.17) is 5.73 Å². The fourth-order valence-electron chi connectivity index (χ4n) is 3.08. The molecule has 1 aliphatic carbocycles. The molecule has 1 aromatic rings. The smallest absolute Gasteiger partial charge is 0.227 e. The summed E-state index contributed by atoms with van der Waals surface area (Å²) in [5.74, 6) is -0.226. The Morgan fingerprint density at radius 3 is 2.41 bits per heavy atom. The van der Waals surface area contributed by atoms with Gasteiger partial charge in [-0.1, -0.05) is 31.9 Å². The summed E-state index contributed by atoms with van der Waals surface area (Å²) in [4.78, 5) is 14.8. The number of hydrogen-bond acceptors (Lipinski definition) is 2. The minimum atomic E-state index is -0.224. The van der Waals surface area contributed by atoms with E-state index in [-0.39, 0.29) is 23.7 Å². The second-order valence-electron chi connectivity index (χ2n) is 6.49. The van der Waals surface area contributed by atoms with Gasteiger partial charge in [0.25, 0.3) is 0 Å². The van der Waals surface area contributed by atoms with Gasteiger partial charge in [0, 0.05) is 18.6 Å². The first-order chi connectivity index (χ1) is 10.5. The monoisotopic (exact) mass is 306 g/mol. The fraction of sp³-hybridized carbons (Fsp3) is 0.611. The van der Waals surface area contributed by atoms with Crippen LogP contribution in [0.5, 0.6) is 0 Å². The lowest BCUT2D eigenvalue weighted by Gasteiger charge is -2.32. The molecule has 2 rings (SSSR count). The van der Waals surface area contributed by atoms with Crippen LogP contribution in [0.4, 0.5) is 4.39 Å². The van der Waals surface area contributed by atoms with Crippen molar-refractivity contribution in [2.24, 2.45) is 11.7 Å². The van der Waals surface area contributed by atoms with Crippen molar-refractivity contribution in [3.05, 3.63) is 35.6 Å². The van der Waals surface area contributed by atoms with Gasteiger partial charge >= 0.3 is 0 Å². The highest BCUT2D eigenvalue weighted by Gasteiger charge is 2.30. The molecule has 22 heavy (non-hydrogen) atoms. The Morgan fingerprint density at radius 1 is 1.27 bits per heavy atom. The van der Waals surface area contributed by atoms with Crippen LogP contribution >= 0.6 is 0 Å². The number of nitrogens with two attached hydrogens (primary N) is 1. The first-order valence-corrected chi connectivity index (χ1v) is 8.29. The maximum atomic E-state index is 13.0. The van der Waals surface area contributed by atoms with Crippen LogP contribution in [0.15, 0.2) is 24.3 Å². The van der Waals surface area contributed by atoms with E-state index in [0.29, 0.717) is 12.6 Å². The van der Waals surface area contributed by atoms with Crippen molar-refractivity contribution in [1.29, 1.82) is 0 Å². The summed E-state index contributed by atoms with van der Waals surface area (Å²) in [7, 11) is 0. The number of nitrogens with zero attached hydrogens (tertiary/aromatic N) is 1. The van der Waals surface area contributed by atoms with Crippen LogP contribution in [0.25, 0.3) is 0 Å². The van der Waals surface area contributed by atoms with Crippen molar-refractivity contribution in [1.82, 2.24) is 4.90 Å². The first-order valence-electron chi connectivity index (χ1n) is 8.29. The van der Waals surface area contributed by atoms with Crippen molar-refractivity contribution >= 4 is 5.91 Å². The molecule has 3 nitrogen and oxygen atoms in total. The fourth-order valence-corrected chi connectivity index (χ4v) is 3.08. The number of halogens is 1. The standard InChI is InChI=1S/C18H27FN2O/c1-13(14(2)20)18(22)21(17-5-3-4-6-17)12-11-15-7-9-16(19)10-8-15/h7-10,13-14,17H,3-6,11-12,20H2,1-2H3. The number of rotatable bonds is 6. The molecule has 1 aromatic carbocycles. The van der Waals surface area contributed by atoms with E-state index in [1.54, 1.807) is 12.1 Å². The van der Waals surface area contributed by atoms with Crippen LogP contribution < -0.4 is 5.73 Å². The van der Waals surface area contributed by atoms with E-state index in [1.165, 1.54) is 25.0 Å². The van der Waals surface area contributed by atoms with Gasteiger partial charge in [0.2, 0.25) is 5.91 Å². The summed E-state index contributed by atoms with van der Waals surface area (Å²) >= 11 is 0. The Labute approximate surface area is 132 Å². The van der Waals surface area contributed by atoms with E-state index in [0.717, 1.165) is 24.8 Å². The molecule has 0 spiro atoms. The zero-order chi connectivity index (χ0) is 16.1. The number of carbonyl (C=O) groups is 1. The van der Waals surface area contributed by atoms with Crippen molar-refractivity contribution in [3.8, 4) is 0 Å². The molecule has 1 amide bonds. The molecule has 1 aliphatic rings. The highest BCUT2D eigenvalue weighted by atomic mass is 19.1. The lowest BCUT2D eigenvalue weighted by molar-refractivity contribution is -0.137. The number of benzene rings is 1. The predicted octanol–water partition coefficient (Wildman–Crippen LogP) is 3.12. The molecule has 0 bridgehead atoms. The molecule has 4 heteroatoms. The average Bonchev–Trinajstić information content (AvgIpc) is 3.02. The Kier molecular flexibility index (Phi) is 5.95. The molecular weight excluding hydrogens is 279 g/mol. The summed E-state index contributed by atoms with van der Waals surface area (Å²) < 4.78 is 13.0. The quantitative estimate of drug-likeness (QED) is 0.877. The molecule has 0 aromatic heterocycles. The van der Waals surface area contributed by atoms with Gasteiger partial charge in [0.05, 0.1) is 5.92 Å². The van der Waals surface area contributed by atoms with Gasteiger partial charge in [0.15, 0.2) is 0 Å². The van der Waals surface area contributed by atoms with Crippen molar-refractivity contribution in [2.45, 2.75) is 58.0 Å². The number of hydrogen-bond donors (Lipinski definition) is 1. The molecule has 0 saturated heterocycles. The normalized spacial score (nSPS) is 18.2. The maximum absolute atomic E-state index is 13.0.